The quantitative estimate of drug-likeness (QED) is 0.763. The average molecular weight is 362 g/mol. The van der Waals surface area contributed by atoms with Gasteiger partial charge < -0.3 is 5.32 Å². The molecule has 1 fully saturated rings. The fourth-order valence-corrected chi connectivity index (χ4v) is 4.26. The molecule has 2 aromatic rings. The molecule has 0 saturated heterocycles. The topological polar surface area (TPSA) is 37.8 Å². The summed E-state index contributed by atoms with van der Waals surface area (Å²) < 4.78 is 0. The molecule has 0 aliphatic heterocycles. The zero-order chi connectivity index (χ0) is 16.5. The fourth-order valence-electron chi connectivity index (χ4n) is 3.77. The standard InChI is InChI=1S/C19H21Cl2N3/c20-12-9-10-14(16(21)11-12)18-23-17-8-4-3-7-15(17)19(24-18)22-13-5-1-2-6-13/h9-11,13H,1-8H2,(H,22,23,24). The third-order valence-electron chi connectivity index (χ3n) is 5.05. The molecule has 0 atom stereocenters. The highest BCUT2D eigenvalue weighted by Gasteiger charge is 2.22. The van der Waals surface area contributed by atoms with Gasteiger partial charge in [-0.3, -0.25) is 0 Å². The van der Waals surface area contributed by atoms with Crippen molar-refractivity contribution >= 4 is 29.0 Å². The molecule has 1 heterocycles. The molecule has 1 saturated carbocycles. The first kappa shape index (κ1) is 16.2. The Morgan fingerprint density at radius 2 is 1.75 bits per heavy atom. The van der Waals surface area contributed by atoms with Crippen LogP contribution in [0.2, 0.25) is 10.0 Å². The maximum absolute atomic E-state index is 6.39. The Bertz CT molecular complexity index is 755. The molecular weight excluding hydrogens is 341 g/mol. The van der Waals surface area contributed by atoms with Gasteiger partial charge in [0, 0.05) is 27.9 Å². The molecule has 1 N–H and O–H groups in total. The normalized spacial score (nSPS) is 17.8. The Hall–Kier alpha value is -1.32. The van der Waals surface area contributed by atoms with Gasteiger partial charge in [-0.15, -0.1) is 0 Å². The highest BCUT2D eigenvalue weighted by Crippen LogP contribution is 2.33. The van der Waals surface area contributed by atoms with Crippen molar-refractivity contribution < 1.29 is 0 Å². The van der Waals surface area contributed by atoms with Gasteiger partial charge in [0.1, 0.15) is 5.82 Å². The van der Waals surface area contributed by atoms with E-state index in [0.717, 1.165) is 24.2 Å². The van der Waals surface area contributed by atoms with Crippen molar-refractivity contribution in [1.82, 2.24) is 9.97 Å². The number of fused-ring (bicyclic) bond motifs is 1. The van der Waals surface area contributed by atoms with E-state index in [4.69, 9.17) is 33.2 Å². The first-order valence-corrected chi connectivity index (χ1v) is 9.58. The summed E-state index contributed by atoms with van der Waals surface area (Å²) >= 11 is 12.4. The third kappa shape index (κ3) is 3.25. The Balaban J connectivity index is 1.76. The van der Waals surface area contributed by atoms with Crippen molar-refractivity contribution in [1.29, 1.82) is 0 Å². The summed E-state index contributed by atoms with van der Waals surface area (Å²) in [4.78, 5) is 9.69. The van der Waals surface area contributed by atoms with Gasteiger partial charge in [0.05, 0.1) is 5.02 Å². The molecule has 0 radical (unpaired) electrons. The molecule has 4 rings (SSSR count). The first-order chi connectivity index (χ1) is 11.7. The van der Waals surface area contributed by atoms with Crippen molar-refractivity contribution in [2.24, 2.45) is 0 Å². The lowest BCUT2D eigenvalue weighted by molar-refractivity contribution is 0.659. The number of nitrogens with zero attached hydrogens (tertiary/aromatic N) is 2. The maximum Gasteiger partial charge on any atom is 0.163 e. The van der Waals surface area contributed by atoms with Crippen molar-refractivity contribution in [3.63, 3.8) is 0 Å². The van der Waals surface area contributed by atoms with Crippen LogP contribution in [0.15, 0.2) is 18.2 Å². The summed E-state index contributed by atoms with van der Waals surface area (Å²) in [6.45, 7) is 0. The molecule has 0 amide bonds. The molecule has 5 heteroatoms. The molecule has 0 bridgehead atoms. The summed E-state index contributed by atoms with van der Waals surface area (Å²) in [5, 5.41) is 4.92. The van der Waals surface area contributed by atoms with Gasteiger partial charge in [-0.1, -0.05) is 36.0 Å². The number of anilines is 1. The first-order valence-electron chi connectivity index (χ1n) is 8.82. The smallest absolute Gasteiger partial charge is 0.163 e. The Morgan fingerprint density at radius 1 is 0.958 bits per heavy atom. The van der Waals surface area contributed by atoms with E-state index in [-0.39, 0.29) is 0 Å². The van der Waals surface area contributed by atoms with E-state index in [9.17, 15) is 0 Å². The van der Waals surface area contributed by atoms with E-state index >= 15 is 0 Å². The highest BCUT2D eigenvalue weighted by molar-refractivity contribution is 6.36. The lowest BCUT2D eigenvalue weighted by Crippen LogP contribution is -2.20. The summed E-state index contributed by atoms with van der Waals surface area (Å²) in [6.07, 6.45) is 9.58. The van der Waals surface area contributed by atoms with Crippen molar-refractivity contribution in [2.45, 2.75) is 57.4 Å². The Labute approximate surface area is 152 Å². The Kier molecular flexibility index (Phi) is 4.64. The molecular formula is C19H21Cl2N3. The van der Waals surface area contributed by atoms with E-state index in [0.29, 0.717) is 21.9 Å². The van der Waals surface area contributed by atoms with Crippen LogP contribution in [-0.2, 0) is 12.8 Å². The number of halogens is 2. The minimum absolute atomic E-state index is 0.541. The predicted octanol–water partition coefficient (Wildman–Crippen LogP) is 5.68. The second-order valence-corrected chi connectivity index (χ2v) is 7.62. The van der Waals surface area contributed by atoms with Crippen LogP contribution in [0.4, 0.5) is 5.82 Å². The van der Waals surface area contributed by atoms with Gasteiger partial charge in [-0.2, -0.15) is 0 Å². The molecule has 24 heavy (non-hydrogen) atoms. The number of aryl methyl sites for hydroxylation is 1. The molecule has 1 aromatic heterocycles. The number of rotatable bonds is 3. The van der Waals surface area contributed by atoms with Crippen LogP contribution < -0.4 is 5.32 Å². The van der Waals surface area contributed by atoms with Gasteiger partial charge in [0.25, 0.3) is 0 Å². The fraction of sp³-hybridized carbons (Fsp3) is 0.474. The van der Waals surface area contributed by atoms with Gasteiger partial charge in [-0.05, 0) is 56.7 Å². The molecule has 0 spiro atoms. The summed E-state index contributed by atoms with van der Waals surface area (Å²) in [7, 11) is 0. The Morgan fingerprint density at radius 3 is 2.54 bits per heavy atom. The molecule has 2 aliphatic rings. The van der Waals surface area contributed by atoms with Crippen molar-refractivity contribution in [2.75, 3.05) is 5.32 Å². The molecule has 126 valence electrons. The van der Waals surface area contributed by atoms with Crippen LogP contribution in [0, 0.1) is 0 Å². The highest BCUT2D eigenvalue weighted by atomic mass is 35.5. The van der Waals surface area contributed by atoms with E-state index in [1.54, 1.807) is 6.07 Å². The molecule has 0 unspecified atom stereocenters. The zero-order valence-electron chi connectivity index (χ0n) is 13.6. The predicted molar refractivity (Wildman–Crippen MR) is 100 cm³/mol. The lowest BCUT2D eigenvalue weighted by atomic mass is 9.96. The number of hydrogen-bond donors (Lipinski definition) is 1. The molecule has 3 nitrogen and oxygen atoms in total. The van der Waals surface area contributed by atoms with E-state index in [1.807, 2.05) is 12.1 Å². The number of hydrogen-bond acceptors (Lipinski definition) is 3. The van der Waals surface area contributed by atoms with Crippen LogP contribution in [-0.4, -0.2) is 16.0 Å². The minimum atomic E-state index is 0.541. The van der Waals surface area contributed by atoms with Gasteiger partial charge in [0.2, 0.25) is 0 Å². The summed E-state index contributed by atoms with van der Waals surface area (Å²) in [6, 6.07) is 6.05. The third-order valence-corrected chi connectivity index (χ3v) is 5.60. The van der Waals surface area contributed by atoms with Crippen molar-refractivity contribution in [3.05, 3.63) is 39.5 Å². The van der Waals surface area contributed by atoms with Gasteiger partial charge >= 0.3 is 0 Å². The van der Waals surface area contributed by atoms with E-state index < -0.39 is 0 Å². The minimum Gasteiger partial charge on any atom is -0.367 e. The average Bonchev–Trinajstić information content (AvgIpc) is 3.08. The number of nitrogens with one attached hydrogen (secondary N) is 1. The molecule has 1 aromatic carbocycles. The molecule has 2 aliphatic carbocycles. The number of aromatic nitrogens is 2. The number of benzene rings is 1. The largest absolute Gasteiger partial charge is 0.367 e. The van der Waals surface area contributed by atoms with E-state index in [2.05, 4.69) is 5.32 Å². The van der Waals surface area contributed by atoms with Crippen LogP contribution in [0.25, 0.3) is 11.4 Å². The van der Waals surface area contributed by atoms with Crippen LogP contribution >= 0.6 is 23.2 Å². The van der Waals surface area contributed by atoms with Crippen LogP contribution in [0.1, 0.15) is 49.8 Å². The summed E-state index contributed by atoms with van der Waals surface area (Å²) in [5.41, 5.74) is 3.34. The second kappa shape index (κ2) is 6.89. The SMILES string of the molecule is Clc1ccc(-c2nc3c(c(NC4CCCC4)n2)CCCC3)c(Cl)c1. The van der Waals surface area contributed by atoms with Crippen LogP contribution in [0.3, 0.4) is 0 Å². The maximum atomic E-state index is 6.39. The van der Waals surface area contributed by atoms with E-state index in [1.165, 1.54) is 49.8 Å². The van der Waals surface area contributed by atoms with Gasteiger partial charge in [0.15, 0.2) is 5.82 Å². The van der Waals surface area contributed by atoms with Gasteiger partial charge in [-0.25, -0.2) is 9.97 Å². The second-order valence-electron chi connectivity index (χ2n) is 6.78. The lowest BCUT2D eigenvalue weighted by Gasteiger charge is -2.22. The van der Waals surface area contributed by atoms with Crippen molar-refractivity contribution in [3.8, 4) is 11.4 Å². The summed E-state index contributed by atoms with van der Waals surface area (Å²) in [5.74, 6) is 1.73. The monoisotopic (exact) mass is 361 g/mol. The zero-order valence-corrected chi connectivity index (χ0v) is 15.1. The van der Waals surface area contributed by atoms with Crippen LogP contribution in [0.5, 0.6) is 0 Å².